The van der Waals surface area contributed by atoms with Crippen molar-refractivity contribution in [3.05, 3.63) is 0 Å². The highest BCUT2D eigenvalue weighted by Crippen LogP contribution is 2.37. The lowest BCUT2D eigenvalue weighted by atomic mass is 10.2. The van der Waals surface area contributed by atoms with Gasteiger partial charge in [-0.05, 0) is 6.92 Å². The van der Waals surface area contributed by atoms with Gasteiger partial charge in [0.05, 0.1) is 23.7 Å². The maximum Gasteiger partial charge on any atom is 0.153 e. The molecule has 0 amide bonds. The van der Waals surface area contributed by atoms with E-state index in [0.717, 1.165) is 4.32 Å². The highest BCUT2D eigenvalue weighted by molar-refractivity contribution is 8.24. The molecule has 2 saturated heterocycles. The van der Waals surface area contributed by atoms with Crippen LogP contribution in [-0.4, -0.2) is 58.2 Å². The fraction of sp³-hybridized carbons (Fsp3) is 0.875. The first-order valence-corrected chi connectivity index (χ1v) is 7.86. The summed E-state index contributed by atoms with van der Waals surface area (Å²) in [4.78, 5) is 1.86. The van der Waals surface area contributed by atoms with Gasteiger partial charge in [-0.25, -0.2) is 8.42 Å². The van der Waals surface area contributed by atoms with Crippen LogP contribution in [0.1, 0.15) is 6.92 Å². The molecule has 4 nitrogen and oxygen atoms in total. The Labute approximate surface area is 98.9 Å². The van der Waals surface area contributed by atoms with Gasteiger partial charge >= 0.3 is 0 Å². The van der Waals surface area contributed by atoms with Crippen LogP contribution < -0.4 is 0 Å². The molecule has 15 heavy (non-hydrogen) atoms. The molecule has 2 rings (SSSR count). The normalized spacial score (nSPS) is 35.6. The number of rotatable bonds is 2. The summed E-state index contributed by atoms with van der Waals surface area (Å²) in [5, 5.41) is 9.39. The van der Waals surface area contributed by atoms with E-state index in [4.69, 9.17) is 12.2 Å². The minimum atomic E-state index is -2.90. The van der Waals surface area contributed by atoms with Gasteiger partial charge in [0.2, 0.25) is 0 Å². The second-order valence-corrected chi connectivity index (χ2v) is 8.09. The Kier molecular flexibility index (Phi) is 3.00. The molecule has 1 N–H and O–H groups in total. The standard InChI is InChI=1S/C8H13NO3S3/c1-5(10)2-9-6-3-15(11,12)4-7(6)14-8(9)13/h5-7,10H,2-4H2,1H3/t5-,6-,7+/m0/s1. The van der Waals surface area contributed by atoms with Crippen LogP contribution >= 0.6 is 24.0 Å². The number of thioether (sulfide) groups is 1. The molecule has 0 aromatic rings. The van der Waals surface area contributed by atoms with Crippen LogP contribution in [0.4, 0.5) is 0 Å². The van der Waals surface area contributed by atoms with E-state index in [2.05, 4.69) is 0 Å². The smallest absolute Gasteiger partial charge is 0.153 e. The number of fused-ring (bicyclic) bond motifs is 1. The quantitative estimate of drug-likeness (QED) is 0.703. The molecule has 0 aliphatic carbocycles. The summed E-state index contributed by atoms with van der Waals surface area (Å²) in [7, 11) is -2.90. The van der Waals surface area contributed by atoms with Crippen LogP contribution in [0.3, 0.4) is 0 Å². The molecule has 0 bridgehead atoms. The second kappa shape index (κ2) is 3.87. The predicted molar refractivity (Wildman–Crippen MR) is 64.8 cm³/mol. The zero-order chi connectivity index (χ0) is 11.2. The molecule has 86 valence electrons. The maximum absolute atomic E-state index is 11.4. The molecule has 0 saturated carbocycles. The molecule has 2 heterocycles. The Bertz CT molecular complexity index is 379. The summed E-state index contributed by atoms with van der Waals surface area (Å²) in [6, 6.07) is -0.0258. The number of aliphatic hydroxyl groups excluding tert-OH is 1. The van der Waals surface area contributed by atoms with Crippen molar-refractivity contribution in [3.8, 4) is 0 Å². The van der Waals surface area contributed by atoms with Crippen LogP contribution in [0.25, 0.3) is 0 Å². The number of sulfone groups is 1. The minimum absolute atomic E-state index is 0.0258. The van der Waals surface area contributed by atoms with Gasteiger partial charge in [-0.2, -0.15) is 0 Å². The predicted octanol–water partition coefficient (Wildman–Crippen LogP) is -0.133. The number of thiocarbonyl (C=S) groups is 1. The van der Waals surface area contributed by atoms with E-state index in [0.29, 0.717) is 6.54 Å². The first kappa shape index (κ1) is 11.6. The molecule has 7 heteroatoms. The zero-order valence-corrected chi connectivity index (χ0v) is 10.7. The van der Waals surface area contributed by atoms with Gasteiger partial charge in [-0.3, -0.25) is 0 Å². The third-order valence-electron chi connectivity index (χ3n) is 2.62. The number of hydrogen-bond acceptors (Lipinski definition) is 5. The van der Waals surface area contributed by atoms with Crippen LogP contribution in [0, 0.1) is 0 Å². The fourth-order valence-electron chi connectivity index (χ4n) is 2.03. The number of aliphatic hydroxyl groups is 1. The van der Waals surface area contributed by atoms with E-state index in [1.165, 1.54) is 11.8 Å². The van der Waals surface area contributed by atoms with Crippen molar-refractivity contribution in [2.45, 2.75) is 24.3 Å². The monoisotopic (exact) mass is 267 g/mol. The van der Waals surface area contributed by atoms with Crippen molar-refractivity contribution in [1.82, 2.24) is 4.90 Å². The molecular formula is C8H13NO3S3. The number of β-amino-alcohol motifs (C(OH)–C–C–N with tert-alkyl or cyclic N) is 1. The van der Waals surface area contributed by atoms with Crippen molar-refractivity contribution in [1.29, 1.82) is 0 Å². The second-order valence-electron chi connectivity index (χ2n) is 4.07. The lowest BCUT2D eigenvalue weighted by Crippen LogP contribution is -2.40. The van der Waals surface area contributed by atoms with Gasteiger partial charge in [-0.15, -0.1) is 0 Å². The van der Waals surface area contributed by atoms with E-state index in [9.17, 15) is 13.5 Å². The molecule has 2 aliphatic rings. The Morgan fingerprint density at radius 3 is 2.93 bits per heavy atom. The maximum atomic E-state index is 11.4. The Morgan fingerprint density at radius 1 is 1.67 bits per heavy atom. The molecule has 0 radical (unpaired) electrons. The Balaban J connectivity index is 2.15. The van der Waals surface area contributed by atoms with Crippen molar-refractivity contribution < 1.29 is 13.5 Å². The van der Waals surface area contributed by atoms with Gasteiger partial charge < -0.3 is 10.0 Å². The summed E-state index contributed by atoms with van der Waals surface area (Å²) in [6.45, 7) is 2.12. The Hall–Kier alpha value is 0.150. The van der Waals surface area contributed by atoms with Crippen LogP contribution in [0.5, 0.6) is 0 Å². The van der Waals surface area contributed by atoms with Gasteiger partial charge in [0.1, 0.15) is 4.32 Å². The molecule has 0 unspecified atom stereocenters. The largest absolute Gasteiger partial charge is 0.392 e. The highest BCUT2D eigenvalue weighted by Gasteiger charge is 2.47. The summed E-state index contributed by atoms with van der Waals surface area (Å²) in [5.41, 5.74) is 0. The van der Waals surface area contributed by atoms with Crippen molar-refractivity contribution in [2.24, 2.45) is 0 Å². The van der Waals surface area contributed by atoms with E-state index in [1.807, 2.05) is 4.90 Å². The van der Waals surface area contributed by atoms with Crippen LogP contribution in [0.15, 0.2) is 0 Å². The van der Waals surface area contributed by atoms with Gasteiger partial charge in [0.15, 0.2) is 9.84 Å². The molecular weight excluding hydrogens is 254 g/mol. The molecule has 0 spiro atoms. The van der Waals surface area contributed by atoms with Gasteiger partial charge in [0, 0.05) is 11.8 Å². The zero-order valence-electron chi connectivity index (χ0n) is 8.29. The first-order valence-electron chi connectivity index (χ1n) is 4.75. The molecule has 2 fully saturated rings. The Morgan fingerprint density at radius 2 is 2.33 bits per heavy atom. The van der Waals surface area contributed by atoms with E-state index in [1.54, 1.807) is 6.92 Å². The highest BCUT2D eigenvalue weighted by atomic mass is 32.2. The third-order valence-corrected chi connectivity index (χ3v) is 6.29. The van der Waals surface area contributed by atoms with Crippen LogP contribution in [-0.2, 0) is 9.84 Å². The lowest BCUT2D eigenvalue weighted by molar-refractivity contribution is 0.151. The molecule has 0 aromatic carbocycles. The average Bonchev–Trinajstić information content (AvgIpc) is 2.47. The van der Waals surface area contributed by atoms with Crippen molar-refractivity contribution >= 4 is 38.1 Å². The van der Waals surface area contributed by atoms with Crippen molar-refractivity contribution in [3.63, 3.8) is 0 Å². The summed E-state index contributed by atoms with van der Waals surface area (Å²) in [5.74, 6) is 0.399. The topological polar surface area (TPSA) is 57.6 Å². The average molecular weight is 267 g/mol. The molecule has 0 aromatic heterocycles. The summed E-state index contributed by atoms with van der Waals surface area (Å²) in [6.07, 6.45) is -0.481. The third kappa shape index (κ3) is 2.30. The first-order chi connectivity index (χ1) is 6.89. The van der Waals surface area contributed by atoms with Gasteiger partial charge in [0.25, 0.3) is 0 Å². The fourth-order valence-corrected chi connectivity index (χ4v) is 6.42. The molecule has 2 aliphatic heterocycles. The van der Waals surface area contributed by atoms with E-state index >= 15 is 0 Å². The van der Waals surface area contributed by atoms with Crippen molar-refractivity contribution in [2.75, 3.05) is 18.1 Å². The van der Waals surface area contributed by atoms with E-state index in [-0.39, 0.29) is 22.8 Å². The van der Waals surface area contributed by atoms with Crippen LogP contribution in [0.2, 0.25) is 0 Å². The number of nitrogens with zero attached hydrogens (tertiary/aromatic N) is 1. The summed E-state index contributed by atoms with van der Waals surface area (Å²) >= 11 is 6.63. The summed E-state index contributed by atoms with van der Waals surface area (Å²) < 4.78 is 23.6. The number of hydrogen-bond donors (Lipinski definition) is 1. The molecule has 3 atom stereocenters. The van der Waals surface area contributed by atoms with Gasteiger partial charge in [-0.1, -0.05) is 24.0 Å². The SMILES string of the molecule is C[C@H](O)CN1C(=S)S[C@@H]2CS(=O)(=O)C[C@@H]21. The minimum Gasteiger partial charge on any atom is -0.392 e. The van der Waals surface area contributed by atoms with E-state index < -0.39 is 15.9 Å². The lowest BCUT2D eigenvalue weighted by Gasteiger charge is -2.25.